The molecule has 0 unspecified atom stereocenters. The van der Waals surface area contributed by atoms with E-state index in [1.807, 2.05) is 24.3 Å². The second-order valence-corrected chi connectivity index (χ2v) is 6.18. The van der Waals surface area contributed by atoms with Crippen LogP contribution in [0.2, 0.25) is 0 Å². The highest BCUT2D eigenvalue weighted by Crippen LogP contribution is 2.44. The fourth-order valence-electron chi connectivity index (χ4n) is 2.58. The maximum absolute atomic E-state index is 12.4. The van der Waals surface area contributed by atoms with Gasteiger partial charge in [0.1, 0.15) is 0 Å². The lowest BCUT2D eigenvalue weighted by Crippen LogP contribution is -2.49. The van der Waals surface area contributed by atoms with Crippen molar-refractivity contribution in [3.8, 4) is 0 Å². The average molecular weight is 339 g/mol. The number of benzene rings is 1. The van der Waals surface area contributed by atoms with E-state index in [-0.39, 0.29) is 17.2 Å². The summed E-state index contributed by atoms with van der Waals surface area (Å²) in [5, 5.41) is 2.94. The van der Waals surface area contributed by atoms with Crippen molar-refractivity contribution in [1.29, 1.82) is 0 Å². The fourth-order valence-corrected chi connectivity index (χ4v) is 2.84. The number of nitrogens with one attached hydrogen (secondary N) is 1. The smallest absolute Gasteiger partial charge is 0.230 e. The van der Waals surface area contributed by atoms with Gasteiger partial charge in [-0.15, -0.1) is 0 Å². The van der Waals surface area contributed by atoms with Gasteiger partial charge in [0.25, 0.3) is 0 Å². The second kappa shape index (κ2) is 6.39. The molecule has 3 N–H and O–H groups in total. The van der Waals surface area contributed by atoms with E-state index in [0.717, 1.165) is 29.3 Å². The standard InChI is InChI=1S/C15H19BrN2O2/c16-12-6-4-11(5-7-12)15(8-2-9-15)14(20)18-10-1-3-13(17)19/h4-7H,1-3,8-10H2,(H2,17,19)(H,18,20). The molecule has 0 atom stereocenters. The summed E-state index contributed by atoms with van der Waals surface area (Å²) >= 11 is 3.41. The first kappa shape index (κ1) is 15.0. The number of primary amides is 1. The van der Waals surface area contributed by atoms with Crippen LogP contribution in [0.3, 0.4) is 0 Å². The minimum atomic E-state index is -0.382. The molecule has 4 nitrogen and oxygen atoms in total. The van der Waals surface area contributed by atoms with Crippen LogP contribution in [0, 0.1) is 0 Å². The highest BCUT2D eigenvalue weighted by Gasteiger charge is 2.45. The lowest BCUT2D eigenvalue weighted by atomic mass is 9.64. The van der Waals surface area contributed by atoms with Crippen LogP contribution in [0.25, 0.3) is 0 Å². The van der Waals surface area contributed by atoms with Crippen molar-refractivity contribution in [2.75, 3.05) is 6.54 Å². The molecule has 0 radical (unpaired) electrons. The van der Waals surface area contributed by atoms with E-state index < -0.39 is 0 Å². The van der Waals surface area contributed by atoms with Crippen molar-refractivity contribution in [3.63, 3.8) is 0 Å². The predicted molar refractivity (Wildman–Crippen MR) is 81.1 cm³/mol. The Morgan fingerprint density at radius 3 is 2.40 bits per heavy atom. The molecule has 0 spiro atoms. The van der Waals surface area contributed by atoms with E-state index in [0.29, 0.717) is 19.4 Å². The van der Waals surface area contributed by atoms with Crippen LogP contribution in [0.1, 0.15) is 37.7 Å². The molecule has 1 saturated carbocycles. The normalized spacial score (nSPS) is 16.2. The number of halogens is 1. The molecule has 2 rings (SSSR count). The maximum Gasteiger partial charge on any atom is 0.230 e. The molecule has 20 heavy (non-hydrogen) atoms. The van der Waals surface area contributed by atoms with E-state index in [2.05, 4.69) is 21.2 Å². The molecule has 1 aromatic carbocycles. The van der Waals surface area contributed by atoms with Crippen LogP contribution in [0.15, 0.2) is 28.7 Å². The summed E-state index contributed by atoms with van der Waals surface area (Å²) in [6.07, 6.45) is 3.75. The van der Waals surface area contributed by atoms with Crippen molar-refractivity contribution in [3.05, 3.63) is 34.3 Å². The van der Waals surface area contributed by atoms with Crippen LogP contribution in [-0.4, -0.2) is 18.4 Å². The summed E-state index contributed by atoms with van der Waals surface area (Å²) < 4.78 is 1.01. The van der Waals surface area contributed by atoms with Gasteiger partial charge >= 0.3 is 0 Å². The number of hydrogen-bond acceptors (Lipinski definition) is 2. The van der Waals surface area contributed by atoms with Crippen molar-refractivity contribution in [2.45, 2.75) is 37.5 Å². The molecule has 1 aliphatic carbocycles. The van der Waals surface area contributed by atoms with Gasteiger partial charge in [0.2, 0.25) is 11.8 Å². The largest absolute Gasteiger partial charge is 0.370 e. The molecule has 0 saturated heterocycles. The summed E-state index contributed by atoms with van der Waals surface area (Å²) in [6.45, 7) is 0.500. The summed E-state index contributed by atoms with van der Waals surface area (Å²) in [7, 11) is 0. The van der Waals surface area contributed by atoms with E-state index >= 15 is 0 Å². The fraction of sp³-hybridized carbons (Fsp3) is 0.467. The third-order valence-corrected chi connectivity index (χ3v) is 4.45. The third kappa shape index (κ3) is 3.20. The van der Waals surface area contributed by atoms with E-state index in [9.17, 15) is 9.59 Å². The lowest BCUT2D eigenvalue weighted by Gasteiger charge is -2.40. The molecular weight excluding hydrogens is 320 g/mol. The molecule has 0 aromatic heterocycles. The first-order valence-corrected chi connectivity index (χ1v) is 7.66. The molecule has 5 heteroatoms. The number of amides is 2. The van der Waals surface area contributed by atoms with Gasteiger partial charge in [-0.3, -0.25) is 9.59 Å². The Kier molecular flexibility index (Phi) is 4.81. The van der Waals surface area contributed by atoms with Gasteiger partial charge in [0.15, 0.2) is 0 Å². The van der Waals surface area contributed by atoms with Gasteiger partial charge in [0.05, 0.1) is 5.41 Å². The van der Waals surface area contributed by atoms with Crippen LogP contribution >= 0.6 is 15.9 Å². The zero-order valence-corrected chi connectivity index (χ0v) is 12.9. The Hall–Kier alpha value is -1.36. The third-order valence-electron chi connectivity index (χ3n) is 3.92. The van der Waals surface area contributed by atoms with Gasteiger partial charge in [-0.05, 0) is 37.0 Å². The number of rotatable bonds is 6. The van der Waals surface area contributed by atoms with Crippen LogP contribution in [0.5, 0.6) is 0 Å². The van der Waals surface area contributed by atoms with E-state index in [4.69, 9.17) is 5.73 Å². The Morgan fingerprint density at radius 1 is 1.25 bits per heavy atom. The Morgan fingerprint density at radius 2 is 1.90 bits per heavy atom. The summed E-state index contributed by atoms with van der Waals surface area (Å²) in [4.78, 5) is 23.1. The van der Waals surface area contributed by atoms with E-state index in [1.165, 1.54) is 0 Å². The van der Waals surface area contributed by atoms with Gasteiger partial charge in [-0.25, -0.2) is 0 Å². The minimum Gasteiger partial charge on any atom is -0.370 e. The maximum atomic E-state index is 12.4. The average Bonchev–Trinajstić information content (AvgIpc) is 2.35. The number of nitrogens with two attached hydrogens (primary N) is 1. The van der Waals surface area contributed by atoms with Crippen molar-refractivity contribution >= 4 is 27.7 Å². The number of carbonyl (C=O) groups is 2. The van der Waals surface area contributed by atoms with Gasteiger partial charge in [0, 0.05) is 17.4 Å². The molecule has 1 aromatic rings. The highest BCUT2D eigenvalue weighted by molar-refractivity contribution is 9.10. The molecular formula is C15H19BrN2O2. The zero-order valence-electron chi connectivity index (χ0n) is 11.3. The molecule has 0 bridgehead atoms. The van der Waals surface area contributed by atoms with Crippen LogP contribution in [0.4, 0.5) is 0 Å². The summed E-state index contributed by atoms with van der Waals surface area (Å²) in [5.41, 5.74) is 5.77. The van der Waals surface area contributed by atoms with Crippen molar-refractivity contribution in [1.82, 2.24) is 5.32 Å². The first-order valence-electron chi connectivity index (χ1n) is 6.87. The number of hydrogen-bond donors (Lipinski definition) is 2. The molecule has 1 aliphatic rings. The monoisotopic (exact) mass is 338 g/mol. The SMILES string of the molecule is NC(=O)CCCNC(=O)C1(c2ccc(Br)cc2)CCC1. The Bertz CT molecular complexity index is 495. The number of carbonyl (C=O) groups excluding carboxylic acids is 2. The van der Waals surface area contributed by atoms with Gasteiger partial charge in [-0.2, -0.15) is 0 Å². The van der Waals surface area contributed by atoms with Crippen molar-refractivity contribution in [2.24, 2.45) is 5.73 Å². The highest BCUT2D eigenvalue weighted by atomic mass is 79.9. The quantitative estimate of drug-likeness (QED) is 0.781. The van der Waals surface area contributed by atoms with Crippen LogP contribution in [-0.2, 0) is 15.0 Å². The van der Waals surface area contributed by atoms with E-state index in [1.54, 1.807) is 0 Å². The molecule has 0 aliphatic heterocycles. The Labute approximate surface area is 127 Å². The topological polar surface area (TPSA) is 72.2 Å². The zero-order chi connectivity index (χ0) is 14.6. The predicted octanol–water partition coefficient (Wildman–Crippen LogP) is 2.25. The van der Waals surface area contributed by atoms with Gasteiger partial charge < -0.3 is 11.1 Å². The second-order valence-electron chi connectivity index (χ2n) is 5.27. The van der Waals surface area contributed by atoms with Crippen LogP contribution < -0.4 is 11.1 Å². The molecule has 108 valence electrons. The Balaban J connectivity index is 1.98. The summed E-state index contributed by atoms with van der Waals surface area (Å²) in [6, 6.07) is 7.95. The summed E-state index contributed by atoms with van der Waals surface area (Å²) in [5.74, 6) is -0.263. The van der Waals surface area contributed by atoms with Crippen molar-refractivity contribution < 1.29 is 9.59 Å². The lowest BCUT2D eigenvalue weighted by molar-refractivity contribution is -0.130. The van der Waals surface area contributed by atoms with Gasteiger partial charge in [-0.1, -0.05) is 34.5 Å². The first-order chi connectivity index (χ1) is 9.54. The molecule has 1 fully saturated rings. The minimum absolute atomic E-state index is 0.0653. The molecule has 0 heterocycles. The molecule has 2 amide bonds.